The Morgan fingerprint density at radius 1 is 1.29 bits per heavy atom. The van der Waals surface area contributed by atoms with Crippen LogP contribution in [-0.4, -0.2) is 15.8 Å². The van der Waals surface area contributed by atoms with E-state index < -0.39 is 18.1 Å². The van der Waals surface area contributed by atoms with E-state index in [4.69, 9.17) is 10.4 Å². The average molecular weight is 298 g/mol. The molecule has 1 N–H and O–H groups in total. The van der Waals surface area contributed by atoms with Gasteiger partial charge in [-0.25, -0.2) is 4.39 Å². The highest BCUT2D eigenvalue weighted by atomic mass is 19.4. The van der Waals surface area contributed by atoms with Crippen molar-refractivity contribution in [3.05, 3.63) is 59.2 Å². The summed E-state index contributed by atoms with van der Waals surface area (Å²) in [4.78, 5) is 0. The summed E-state index contributed by atoms with van der Waals surface area (Å²) >= 11 is 0. The number of aliphatic hydroxyl groups excluding tert-OH is 1. The molecule has 2 aromatic rings. The Morgan fingerprint density at radius 2 is 2.00 bits per heavy atom. The van der Waals surface area contributed by atoms with Gasteiger partial charge in [0.05, 0.1) is 11.6 Å². The van der Waals surface area contributed by atoms with E-state index in [1.807, 2.05) is 0 Å². The van der Waals surface area contributed by atoms with E-state index in [0.29, 0.717) is 0 Å². The van der Waals surface area contributed by atoms with E-state index in [0.717, 1.165) is 18.3 Å². The molecule has 0 fully saturated rings. The van der Waals surface area contributed by atoms with Crippen molar-refractivity contribution in [2.75, 3.05) is 0 Å². The summed E-state index contributed by atoms with van der Waals surface area (Å²) in [5, 5.41) is 17.7. The first kappa shape index (κ1) is 15.1. The zero-order valence-electron chi connectivity index (χ0n) is 10.6. The first-order valence-corrected chi connectivity index (χ1v) is 5.90. The Morgan fingerprint density at radius 3 is 2.57 bits per heavy atom. The number of aromatic nitrogens is 1. The molecule has 1 heterocycles. The van der Waals surface area contributed by atoms with E-state index in [1.165, 1.54) is 22.9 Å². The molecule has 1 aromatic carbocycles. The minimum atomic E-state index is -4.74. The molecule has 110 valence electrons. The number of benzene rings is 1. The normalized spacial score (nSPS) is 13.0. The van der Waals surface area contributed by atoms with E-state index >= 15 is 0 Å². The smallest absolute Gasteiger partial charge is 0.379 e. The van der Waals surface area contributed by atoms with Crippen LogP contribution in [0.3, 0.4) is 0 Å². The molecule has 7 heteroatoms. The van der Waals surface area contributed by atoms with Crippen LogP contribution >= 0.6 is 0 Å². The highest BCUT2D eigenvalue weighted by Crippen LogP contribution is 2.32. The number of nitriles is 1. The molecule has 1 atom stereocenters. The minimum Gasteiger partial charge on any atom is -0.379 e. The van der Waals surface area contributed by atoms with Crippen molar-refractivity contribution in [3.63, 3.8) is 0 Å². The van der Waals surface area contributed by atoms with Gasteiger partial charge in [-0.05, 0) is 18.2 Å². The predicted octanol–water partition coefficient (Wildman–Crippen LogP) is 3.14. The third kappa shape index (κ3) is 3.41. The minimum absolute atomic E-state index is 0.00210. The van der Waals surface area contributed by atoms with Gasteiger partial charge >= 0.3 is 6.18 Å². The summed E-state index contributed by atoms with van der Waals surface area (Å²) < 4.78 is 52.1. The zero-order chi connectivity index (χ0) is 15.6. The van der Waals surface area contributed by atoms with Gasteiger partial charge in [0.25, 0.3) is 0 Å². The van der Waals surface area contributed by atoms with Gasteiger partial charge in [0.15, 0.2) is 6.10 Å². The molecule has 21 heavy (non-hydrogen) atoms. The maximum absolute atomic E-state index is 13.7. The Hall–Kier alpha value is -2.33. The summed E-state index contributed by atoms with van der Waals surface area (Å²) in [5.74, 6) is -0.610. The second-order valence-corrected chi connectivity index (χ2v) is 4.48. The van der Waals surface area contributed by atoms with Gasteiger partial charge < -0.3 is 9.67 Å². The average Bonchev–Trinajstić information content (AvgIpc) is 2.87. The second-order valence-electron chi connectivity index (χ2n) is 4.48. The van der Waals surface area contributed by atoms with Crippen molar-refractivity contribution >= 4 is 0 Å². The molecule has 0 saturated heterocycles. The molecular weight excluding hydrogens is 288 g/mol. The van der Waals surface area contributed by atoms with Crippen molar-refractivity contribution in [2.45, 2.75) is 18.8 Å². The number of alkyl halides is 3. The molecule has 0 aliphatic carbocycles. The fraction of sp³-hybridized carbons (Fsp3) is 0.214. The second kappa shape index (κ2) is 5.58. The summed E-state index contributed by atoms with van der Waals surface area (Å²) in [7, 11) is 0. The molecule has 0 aliphatic rings. The topological polar surface area (TPSA) is 49.0 Å². The summed E-state index contributed by atoms with van der Waals surface area (Å²) in [6, 6.07) is 6.79. The fourth-order valence-electron chi connectivity index (χ4n) is 1.85. The molecule has 0 spiro atoms. The van der Waals surface area contributed by atoms with Crippen molar-refractivity contribution in [1.82, 2.24) is 4.57 Å². The van der Waals surface area contributed by atoms with E-state index in [1.54, 1.807) is 6.07 Å². The number of nitrogens with zero attached hydrogens (tertiary/aromatic N) is 2. The van der Waals surface area contributed by atoms with E-state index in [9.17, 15) is 17.6 Å². The van der Waals surface area contributed by atoms with Crippen LogP contribution in [0.2, 0.25) is 0 Å². The largest absolute Gasteiger partial charge is 0.418 e. The summed E-state index contributed by atoms with van der Waals surface area (Å²) in [5.41, 5.74) is 0.0890. The number of hydrogen-bond donors (Lipinski definition) is 1. The predicted molar refractivity (Wildman–Crippen MR) is 65.7 cm³/mol. The number of halogens is 4. The lowest BCUT2D eigenvalue weighted by Gasteiger charge is -2.12. The lowest BCUT2D eigenvalue weighted by Crippen LogP contribution is -2.19. The third-order valence-electron chi connectivity index (χ3n) is 2.93. The van der Waals surface area contributed by atoms with Crippen LogP contribution in [0.25, 0.3) is 0 Å². The Labute approximate surface area is 117 Å². The van der Waals surface area contributed by atoms with Crippen LogP contribution < -0.4 is 0 Å². The maximum atomic E-state index is 13.7. The molecule has 0 bridgehead atoms. The Balaban J connectivity index is 2.19. The zero-order valence-corrected chi connectivity index (χ0v) is 10.6. The lowest BCUT2D eigenvalue weighted by atomic mass is 10.1. The first-order valence-electron chi connectivity index (χ1n) is 5.90. The van der Waals surface area contributed by atoms with Gasteiger partial charge in [-0.15, -0.1) is 0 Å². The van der Waals surface area contributed by atoms with Crippen LogP contribution in [0.4, 0.5) is 17.6 Å². The molecule has 1 unspecified atom stereocenters. The number of hydrogen-bond acceptors (Lipinski definition) is 2. The number of rotatable bonds is 3. The van der Waals surface area contributed by atoms with E-state index in [2.05, 4.69) is 0 Å². The van der Waals surface area contributed by atoms with E-state index in [-0.39, 0.29) is 23.2 Å². The highest BCUT2D eigenvalue weighted by molar-refractivity contribution is 5.33. The van der Waals surface area contributed by atoms with Gasteiger partial charge in [0, 0.05) is 30.1 Å². The summed E-state index contributed by atoms with van der Waals surface area (Å²) in [6.45, 7) is 0.00210. The van der Waals surface area contributed by atoms with Crippen molar-refractivity contribution in [2.24, 2.45) is 0 Å². The molecule has 1 aromatic heterocycles. The molecule has 0 amide bonds. The van der Waals surface area contributed by atoms with Crippen LogP contribution in [0.5, 0.6) is 0 Å². The quantitative estimate of drug-likeness (QED) is 0.885. The van der Waals surface area contributed by atoms with Crippen molar-refractivity contribution < 1.29 is 22.7 Å². The van der Waals surface area contributed by atoms with Crippen molar-refractivity contribution in [3.8, 4) is 6.07 Å². The molecule has 0 aliphatic heterocycles. The summed E-state index contributed by atoms with van der Waals surface area (Å²) in [6.07, 6.45) is -4.88. The first-order chi connectivity index (χ1) is 9.81. The van der Waals surface area contributed by atoms with Crippen LogP contribution in [-0.2, 0) is 6.54 Å². The monoisotopic (exact) mass is 298 g/mol. The standard InChI is InChI=1S/C14H10F4N2O/c15-12-5-9(6-19)1-2-10(12)7-20-4-3-11(8-20)13(21)14(16,17)18/h1-5,8,13,21H,7H2. The van der Waals surface area contributed by atoms with Gasteiger partial charge in [-0.1, -0.05) is 6.07 Å². The maximum Gasteiger partial charge on any atom is 0.418 e. The third-order valence-corrected chi connectivity index (χ3v) is 2.93. The van der Waals surface area contributed by atoms with Crippen LogP contribution in [0, 0.1) is 17.1 Å². The Kier molecular flexibility index (Phi) is 4.00. The Bertz CT molecular complexity index is 685. The molecule has 0 radical (unpaired) electrons. The van der Waals surface area contributed by atoms with Gasteiger partial charge in [0.1, 0.15) is 5.82 Å². The highest BCUT2D eigenvalue weighted by Gasteiger charge is 2.39. The SMILES string of the molecule is N#Cc1ccc(Cn2ccc(C(O)C(F)(F)F)c2)c(F)c1. The van der Waals surface area contributed by atoms with Crippen LogP contribution in [0.15, 0.2) is 36.7 Å². The molecule has 0 saturated carbocycles. The van der Waals surface area contributed by atoms with Crippen LogP contribution in [0.1, 0.15) is 22.8 Å². The molecular formula is C14H10F4N2O. The molecule has 2 rings (SSSR count). The van der Waals surface area contributed by atoms with Crippen molar-refractivity contribution in [1.29, 1.82) is 5.26 Å². The molecule has 3 nitrogen and oxygen atoms in total. The van der Waals surface area contributed by atoms with Gasteiger partial charge in [-0.3, -0.25) is 0 Å². The number of aliphatic hydroxyl groups is 1. The fourth-order valence-corrected chi connectivity index (χ4v) is 1.85. The van der Waals surface area contributed by atoms with Gasteiger partial charge in [0.2, 0.25) is 0 Å². The van der Waals surface area contributed by atoms with Gasteiger partial charge in [-0.2, -0.15) is 18.4 Å². The lowest BCUT2D eigenvalue weighted by molar-refractivity contribution is -0.206.